The molecule has 12 heavy (non-hydrogen) atoms. The molecular formula is C7H11N3O2. The molecule has 0 saturated carbocycles. The van der Waals surface area contributed by atoms with E-state index in [2.05, 4.69) is 10.3 Å². The molecule has 0 aliphatic heterocycles. The van der Waals surface area contributed by atoms with E-state index in [1.54, 1.807) is 6.92 Å². The molecule has 1 unspecified atom stereocenters. The average molecular weight is 169 g/mol. The number of aliphatic hydroxyl groups excluding tert-OH is 1. The molecule has 1 aromatic heterocycles. The smallest absolute Gasteiger partial charge is 0.179 e. The van der Waals surface area contributed by atoms with Gasteiger partial charge in [0.2, 0.25) is 0 Å². The van der Waals surface area contributed by atoms with Crippen molar-refractivity contribution >= 4 is 5.78 Å². The van der Waals surface area contributed by atoms with E-state index in [0.29, 0.717) is 5.69 Å². The molecule has 0 aromatic carbocycles. The molecule has 0 radical (unpaired) electrons. The zero-order chi connectivity index (χ0) is 9.14. The molecule has 0 spiro atoms. The highest BCUT2D eigenvalue weighted by molar-refractivity contribution is 5.91. The highest BCUT2D eigenvalue weighted by Crippen LogP contribution is 2.06. The first-order valence-electron chi connectivity index (χ1n) is 3.68. The lowest BCUT2D eigenvalue weighted by molar-refractivity contribution is 0.0997. The molecule has 1 rings (SSSR count). The van der Waals surface area contributed by atoms with Crippen LogP contribution in [-0.4, -0.2) is 32.5 Å². The van der Waals surface area contributed by atoms with E-state index < -0.39 is 0 Å². The number of hydrogen-bond acceptors (Lipinski definition) is 4. The third-order valence-corrected chi connectivity index (χ3v) is 1.62. The number of rotatable bonds is 3. The predicted octanol–water partition coefficient (Wildman–Crippen LogP) is 0.0340. The minimum absolute atomic E-state index is 0.0519. The van der Waals surface area contributed by atoms with Crippen LogP contribution in [0.4, 0.5) is 0 Å². The van der Waals surface area contributed by atoms with Crippen molar-refractivity contribution in [1.82, 2.24) is 15.0 Å². The van der Waals surface area contributed by atoms with Gasteiger partial charge in [-0.15, -0.1) is 5.10 Å². The fourth-order valence-electron chi connectivity index (χ4n) is 0.899. The van der Waals surface area contributed by atoms with Gasteiger partial charge in [-0.05, 0) is 6.92 Å². The van der Waals surface area contributed by atoms with Crippen LogP contribution in [0, 0.1) is 0 Å². The first-order valence-corrected chi connectivity index (χ1v) is 3.68. The molecule has 1 N–H and O–H groups in total. The van der Waals surface area contributed by atoms with Gasteiger partial charge in [-0.3, -0.25) is 4.79 Å². The highest BCUT2D eigenvalue weighted by atomic mass is 16.3. The molecule has 0 bridgehead atoms. The maximum absolute atomic E-state index is 11.0. The van der Waals surface area contributed by atoms with Crippen LogP contribution in [0.15, 0.2) is 6.20 Å². The maximum atomic E-state index is 11.0. The second kappa shape index (κ2) is 3.44. The van der Waals surface area contributed by atoms with Crippen molar-refractivity contribution in [2.24, 2.45) is 0 Å². The Morgan fingerprint density at radius 1 is 1.83 bits per heavy atom. The molecule has 66 valence electrons. The maximum Gasteiger partial charge on any atom is 0.179 e. The molecule has 0 fully saturated rings. The minimum Gasteiger partial charge on any atom is -0.394 e. The minimum atomic E-state index is -0.202. The number of ketones is 1. The van der Waals surface area contributed by atoms with Crippen molar-refractivity contribution in [3.05, 3.63) is 11.9 Å². The standard InChI is InChI=1S/C7H11N3O2/c1-5(4-11)10-7(6(2)12)3-8-9-10/h3,5,11H,4H2,1-2H3. The molecule has 1 aromatic rings. The number of aromatic nitrogens is 3. The number of Topliss-reactive ketones (excluding diaryl/α,β-unsaturated/α-hetero) is 1. The van der Waals surface area contributed by atoms with Gasteiger partial charge >= 0.3 is 0 Å². The number of carbonyl (C=O) groups is 1. The first-order chi connectivity index (χ1) is 5.66. The van der Waals surface area contributed by atoms with Gasteiger partial charge in [0.25, 0.3) is 0 Å². The van der Waals surface area contributed by atoms with Crippen molar-refractivity contribution in [1.29, 1.82) is 0 Å². The summed E-state index contributed by atoms with van der Waals surface area (Å²) in [5.41, 5.74) is 0.427. The highest BCUT2D eigenvalue weighted by Gasteiger charge is 2.12. The molecule has 5 heteroatoms. The van der Waals surface area contributed by atoms with Crippen molar-refractivity contribution in [3.8, 4) is 0 Å². The summed E-state index contributed by atoms with van der Waals surface area (Å²) < 4.78 is 1.42. The monoisotopic (exact) mass is 169 g/mol. The fraction of sp³-hybridized carbons (Fsp3) is 0.571. The topological polar surface area (TPSA) is 68.0 Å². The third kappa shape index (κ3) is 1.50. The summed E-state index contributed by atoms with van der Waals surface area (Å²) in [4.78, 5) is 11.0. The molecular weight excluding hydrogens is 158 g/mol. The molecule has 1 heterocycles. The van der Waals surface area contributed by atoms with Crippen LogP contribution in [0.2, 0.25) is 0 Å². The van der Waals surface area contributed by atoms with Gasteiger partial charge in [0.1, 0.15) is 5.69 Å². The van der Waals surface area contributed by atoms with Crippen LogP contribution in [-0.2, 0) is 0 Å². The Bertz CT molecular complexity index is 282. The van der Waals surface area contributed by atoms with Crippen molar-refractivity contribution in [3.63, 3.8) is 0 Å². The summed E-state index contributed by atoms with van der Waals surface area (Å²) in [6.07, 6.45) is 1.40. The van der Waals surface area contributed by atoms with Crippen LogP contribution in [0.1, 0.15) is 30.4 Å². The lowest BCUT2D eigenvalue weighted by Gasteiger charge is -2.09. The van der Waals surface area contributed by atoms with Crippen LogP contribution in [0.5, 0.6) is 0 Å². The van der Waals surface area contributed by atoms with Crippen LogP contribution in [0.3, 0.4) is 0 Å². The molecule has 5 nitrogen and oxygen atoms in total. The van der Waals surface area contributed by atoms with Gasteiger partial charge in [-0.1, -0.05) is 5.21 Å². The lowest BCUT2D eigenvalue weighted by atomic mass is 10.3. The number of nitrogens with zero attached hydrogens (tertiary/aromatic N) is 3. The van der Waals surface area contributed by atoms with Crippen LogP contribution >= 0.6 is 0 Å². The quantitative estimate of drug-likeness (QED) is 0.648. The van der Waals surface area contributed by atoms with Gasteiger partial charge in [0.05, 0.1) is 18.8 Å². The zero-order valence-electron chi connectivity index (χ0n) is 7.06. The first kappa shape index (κ1) is 8.86. The van der Waals surface area contributed by atoms with E-state index in [-0.39, 0.29) is 18.4 Å². The second-order valence-corrected chi connectivity index (χ2v) is 2.65. The Kier molecular flexibility index (Phi) is 2.54. The Hall–Kier alpha value is -1.23. The summed E-state index contributed by atoms with van der Waals surface area (Å²) in [6.45, 7) is 3.16. The number of hydrogen-bond donors (Lipinski definition) is 1. The van der Waals surface area contributed by atoms with Gasteiger partial charge in [-0.25, -0.2) is 4.68 Å². The Morgan fingerprint density at radius 2 is 2.50 bits per heavy atom. The predicted molar refractivity (Wildman–Crippen MR) is 41.8 cm³/mol. The van der Waals surface area contributed by atoms with Gasteiger partial charge in [0, 0.05) is 6.92 Å². The van der Waals surface area contributed by atoms with Crippen molar-refractivity contribution in [2.75, 3.05) is 6.61 Å². The Labute approximate surface area is 70.0 Å². The van der Waals surface area contributed by atoms with E-state index in [0.717, 1.165) is 0 Å². The van der Waals surface area contributed by atoms with E-state index in [1.807, 2.05) is 0 Å². The summed E-state index contributed by atoms with van der Waals surface area (Å²) in [7, 11) is 0. The fourth-order valence-corrected chi connectivity index (χ4v) is 0.899. The molecule has 0 aliphatic carbocycles. The molecule has 0 amide bonds. The molecule has 0 saturated heterocycles. The molecule has 0 aliphatic rings. The van der Waals surface area contributed by atoms with Crippen molar-refractivity contribution in [2.45, 2.75) is 19.9 Å². The average Bonchev–Trinajstić information content (AvgIpc) is 2.50. The summed E-state index contributed by atoms with van der Waals surface area (Å²) in [6, 6.07) is -0.202. The Morgan fingerprint density at radius 3 is 3.00 bits per heavy atom. The van der Waals surface area contributed by atoms with E-state index >= 15 is 0 Å². The SMILES string of the molecule is CC(=O)c1cnnn1C(C)CO. The van der Waals surface area contributed by atoms with Gasteiger partial charge < -0.3 is 5.11 Å². The summed E-state index contributed by atoms with van der Waals surface area (Å²) >= 11 is 0. The number of aliphatic hydroxyl groups is 1. The normalized spacial score (nSPS) is 12.9. The second-order valence-electron chi connectivity index (χ2n) is 2.65. The van der Waals surface area contributed by atoms with Gasteiger partial charge in [-0.2, -0.15) is 0 Å². The largest absolute Gasteiger partial charge is 0.394 e. The summed E-state index contributed by atoms with van der Waals surface area (Å²) in [5, 5.41) is 16.1. The van der Waals surface area contributed by atoms with Crippen LogP contribution in [0.25, 0.3) is 0 Å². The summed E-state index contributed by atoms with van der Waals surface area (Å²) in [5.74, 6) is -0.0969. The van der Waals surface area contributed by atoms with Crippen LogP contribution < -0.4 is 0 Å². The van der Waals surface area contributed by atoms with Crippen molar-refractivity contribution < 1.29 is 9.90 Å². The van der Waals surface area contributed by atoms with E-state index in [4.69, 9.17) is 5.11 Å². The zero-order valence-corrected chi connectivity index (χ0v) is 7.06. The number of carbonyl (C=O) groups excluding carboxylic acids is 1. The van der Waals surface area contributed by atoms with E-state index in [9.17, 15) is 4.79 Å². The third-order valence-electron chi connectivity index (χ3n) is 1.62. The van der Waals surface area contributed by atoms with Gasteiger partial charge in [0.15, 0.2) is 5.78 Å². The lowest BCUT2D eigenvalue weighted by Crippen LogP contribution is -2.15. The van der Waals surface area contributed by atoms with E-state index in [1.165, 1.54) is 17.8 Å². The Balaban J connectivity index is 2.98. The molecule has 1 atom stereocenters.